The van der Waals surface area contributed by atoms with Crippen molar-refractivity contribution in [1.82, 2.24) is 5.43 Å². The molecule has 8 nitrogen and oxygen atoms in total. The minimum Gasteiger partial charge on any atom is -0.406 e. The number of hydrogen-bond donors (Lipinski definition) is 2. The Morgan fingerprint density at radius 2 is 1.58 bits per heavy atom. The molecular formula is C20H21ClF6N4O4S. The molecule has 0 saturated carbocycles. The molecule has 0 aromatic heterocycles. The van der Waals surface area contributed by atoms with Gasteiger partial charge in [0, 0.05) is 23.3 Å². The highest BCUT2D eigenvalue weighted by Crippen LogP contribution is 2.33. The molecule has 200 valence electrons. The summed E-state index contributed by atoms with van der Waals surface area (Å²) in [7, 11) is -5.04. The third-order valence-electron chi connectivity index (χ3n) is 4.01. The van der Waals surface area contributed by atoms with Crippen molar-refractivity contribution in [3.05, 3.63) is 53.1 Å². The first-order chi connectivity index (χ1) is 16.5. The highest BCUT2D eigenvalue weighted by atomic mass is 35.5. The van der Waals surface area contributed by atoms with Crippen molar-refractivity contribution in [2.45, 2.75) is 32.6 Å². The van der Waals surface area contributed by atoms with Crippen molar-refractivity contribution in [3.8, 4) is 5.75 Å². The number of sulfonamides is 1. The van der Waals surface area contributed by atoms with E-state index in [0.717, 1.165) is 36.4 Å². The summed E-state index contributed by atoms with van der Waals surface area (Å²) in [5.41, 5.74) is -4.11. The molecule has 16 heteroatoms. The van der Waals surface area contributed by atoms with Crippen LogP contribution in [0.5, 0.6) is 5.75 Å². The molecule has 0 aliphatic rings. The summed E-state index contributed by atoms with van der Waals surface area (Å²) in [4.78, 5) is 12.0. The first-order valence-corrected chi connectivity index (χ1v) is 11.7. The van der Waals surface area contributed by atoms with E-state index in [2.05, 4.69) is 15.2 Å². The number of hydrogen-bond acceptors (Lipinski definition) is 5. The molecule has 2 rings (SSSR count). The van der Waals surface area contributed by atoms with Gasteiger partial charge in [0.05, 0.1) is 11.4 Å². The van der Waals surface area contributed by atoms with E-state index in [1.165, 1.54) is 13.0 Å². The number of amides is 2. The number of carbonyl (C=O) groups is 1. The number of hydrazone groups is 1. The highest BCUT2D eigenvalue weighted by Gasteiger charge is 2.49. The number of ether oxygens (including phenoxy) is 1. The predicted molar refractivity (Wildman–Crippen MR) is 124 cm³/mol. The third-order valence-corrected chi connectivity index (χ3v) is 5.75. The summed E-state index contributed by atoms with van der Waals surface area (Å²) < 4.78 is 103. The molecule has 0 spiro atoms. The molecular weight excluding hydrogens is 542 g/mol. The lowest BCUT2D eigenvalue weighted by Gasteiger charge is -2.23. The van der Waals surface area contributed by atoms with Crippen molar-refractivity contribution in [2.24, 2.45) is 5.10 Å². The van der Waals surface area contributed by atoms with E-state index in [1.807, 2.05) is 19.3 Å². The summed E-state index contributed by atoms with van der Waals surface area (Å²) in [6.07, 6.45) is -4.88. The lowest BCUT2D eigenvalue weighted by atomic mass is 10.1. The van der Waals surface area contributed by atoms with Crippen molar-refractivity contribution in [1.29, 1.82) is 0 Å². The predicted octanol–water partition coefficient (Wildman–Crippen LogP) is 6.10. The quantitative estimate of drug-likeness (QED) is 0.252. The zero-order valence-electron chi connectivity index (χ0n) is 19.1. The highest BCUT2D eigenvalue weighted by molar-refractivity contribution is 7.93. The van der Waals surface area contributed by atoms with Gasteiger partial charge in [0.2, 0.25) is 0 Å². The average molecular weight is 563 g/mol. The molecule has 2 N–H and O–H groups in total. The van der Waals surface area contributed by atoms with E-state index in [-0.39, 0.29) is 26.3 Å². The molecule has 0 unspecified atom stereocenters. The van der Waals surface area contributed by atoms with Gasteiger partial charge in [0.15, 0.2) is 0 Å². The molecule has 0 radical (unpaired) electrons. The maximum atomic E-state index is 12.9. The lowest BCUT2D eigenvalue weighted by Crippen LogP contribution is -2.38. The van der Waals surface area contributed by atoms with Crippen molar-refractivity contribution in [2.75, 3.05) is 16.7 Å². The SMILES string of the molecule is C/C(=N\NC(=O)Nc1ccc(OC(F)(F)F)cc1)c1cc(Cl)ccc1N(C)S(=O)(=O)C(F)(F)F.CC. The third kappa shape index (κ3) is 8.48. The van der Waals surface area contributed by atoms with E-state index >= 15 is 0 Å². The molecule has 0 bridgehead atoms. The number of nitrogens with zero attached hydrogens (tertiary/aromatic N) is 2. The number of alkyl halides is 6. The molecule has 2 aromatic rings. The van der Waals surface area contributed by atoms with E-state index < -0.39 is 39.4 Å². The van der Waals surface area contributed by atoms with Gasteiger partial charge in [0.25, 0.3) is 0 Å². The maximum absolute atomic E-state index is 12.9. The Bertz CT molecular complexity index is 1190. The van der Waals surface area contributed by atoms with Gasteiger partial charge < -0.3 is 10.1 Å². The monoisotopic (exact) mass is 562 g/mol. The first-order valence-electron chi connectivity index (χ1n) is 9.83. The fraction of sp³-hybridized carbons (Fsp3) is 0.300. The van der Waals surface area contributed by atoms with Crippen LogP contribution in [0.2, 0.25) is 5.02 Å². The maximum Gasteiger partial charge on any atom is 0.573 e. The minimum absolute atomic E-state index is 0.00231. The second kappa shape index (κ2) is 12.2. The first kappa shape index (κ1) is 30.8. The van der Waals surface area contributed by atoms with E-state index in [0.29, 0.717) is 7.05 Å². The summed E-state index contributed by atoms with van der Waals surface area (Å²) in [5.74, 6) is -0.515. The Labute approximate surface area is 207 Å². The van der Waals surface area contributed by atoms with E-state index in [1.54, 1.807) is 0 Å². The molecule has 0 heterocycles. The van der Waals surface area contributed by atoms with Gasteiger partial charge in [-0.3, -0.25) is 4.31 Å². The number of anilines is 2. The van der Waals surface area contributed by atoms with E-state index in [9.17, 15) is 39.6 Å². The second-order valence-corrected chi connectivity index (χ2v) is 8.81. The number of urea groups is 1. The van der Waals surface area contributed by atoms with Crippen LogP contribution in [0, 0.1) is 0 Å². The van der Waals surface area contributed by atoms with Crippen LogP contribution in [0.4, 0.5) is 42.5 Å². The minimum atomic E-state index is -5.73. The van der Waals surface area contributed by atoms with Crippen LogP contribution in [0.1, 0.15) is 26.3 Å². The Morgan fingerprint density at radius 1 is 1.03 bits per heavy atom. The molecule has 0 saturated heterocycles. The van der Waals surface area contributed by atoms with Crippen LogP contribution in [0.25, 0.3) is 0 Å². The van der Waals surface area contributed by atoms with Crippen molar-refractivity contribution in [3.63, 3.8) is 0 Å². The number of benzene rings is 2. The fourth-order valence-electron chi connectivity index (χ4n) is 2.45. The van der Waals surface area contributed by atoms with Crippen LogP contribution in [-0.4, -0.2) is 39.1 Å². The van der Waals surface area contributed by atoms with Crippen LogP contribution < -0.4 is 19.8 Å². The van der Waals surface area contributed by atoms with Crippen LogP contribution in [0.3, 0.4) is 0 Å². The van der Waals surface area contributed by atoms with Gasteiger partial charge in [-0.25, -0.2) is 10.2 Å². The lowest BCUT2D eigenvalue weighted by molar-refractivity contribution is -0.274. The van der Waals surface area contributed by atoms with Crippen LogP contribution >= 0.6 is 11.6 Å². The van der Waals surface area contributed by atoms with Gasteiger partial charge in [0.1, 0.15) is 5.75 Å². The smallest absolute Gasteiger partial charge is 0.406 e. The molecule has 0 fully saturated rings. The number of halogens is 7. The zero-order valence-corrected chi connectivity index (χ0v) is 20.7. The topological polar surface area (TPSA) is 100 Å². The summed E-state index contributed by atoms with van der Waals surface area (Å²) in [5, 5.41) is 6.01. The van der Waals surface area contributed by atoms with Gasteiger partial charge in [-0.15, -0.1) is 13.2 Å². The largest absolute Gasteiger partial charge is 0.573 e. The van der Waals surface area contributed by atoms with Crippen LogP contribution in [0.15, 0.2) is 47.6 Å². The van der Waals surface area contributed by atoms with E-state index in [4.69, 9.17) is 11.6 Å². The molecule has 0 atom stereocenters. The molecule has 36 heavy (non-hydrogen) atoms. The normalized spacial score (nSPS) is 12.2. The standard InChI is InChI=1S/C18H15ClF6N4O4S.C2H6/c1-10(14-9-11(19)3-8-15(14)29(2)34(31,32)18(23,24)25)27-28-16(30)26-12-4-6-13(7-5-12)33-17(20,21)22;1-2/h3-9H,1-2H3,(H2,26,28,30);1-2H3/b27-10+;. The zero-order chi connectivity index (χ0) is 27.9. The second-order valence-electron chi connectivity index (χ2n) is 6.42. The Morgan fingerprint density at radius 3 is 2.08 bits per heavy atom. The average Bonchev–Trinajstić information content (AvgIpc) is 2.78. The fourth-order valence-corrected chi connectivity index (χ4v) is 3.35. The van der Waals surface area contributed by atoms with Gasteiger partial charge >= 0.3 is 27.9 Å². The number of rotatable bonds is 6. The Hall–Kier alpha value is -3.20. The van der Waals surface area contributed by atoms with Gasteiger partial charge in [-0.05, 0) is 49.4 Å². The number of nitrogens with one attached hydrogen (secondary N) is 2. The summed E-state index contributed by atoms with van der Waals surface area (Å²) in [6, 6.07) is 6.53. The Kier molecular flexibility index (Phi) is 10.4. The molecule has 0 aliphatic carbocycles. The molecule has 2 aromatic carbocycles. The number of carbonyl (C=O) groups excluding carboxylic acids is 1. The van der Waals surface area contributed by atoms with Crippen molar-refractivity contribution >= 4 is 44.7 Å². The van der Waals surface area contributed by atoms with Gasteiger partial charge in [-0.2, -0.15) is 26.7 Å². The van der Waals surface area contributed by atoms with Crippen molar-refractivity contribution < 1.29 is 44.3 Å². The molecule has 0 aliphatic heterocycles. The Balaban J connectivity index is 0.00000316. The van der Waals surface area contributed by atoms with Crippen LogP contribution in [-0.2, 0) is 10.0 Å². The summed E-state index contributed by atoms with van der Waals surface area (Å²) >= 11 is 5.87. The summed E-state index contributed by atoms with van der Waals surface area (Å²) in [6.45, 7) is 5.27. The van der Waals surface area contributed by atoms with Gasteiger partial charge in [-0.1, -0.05) is 25.4 Å². The molecule has 2 amide bonds.